The Morgan fingerprint density at radius 1 is 1.47 bits per heavy atom. The van der Waals surface area contributed by atoms with E-state index >= 15 is 0 Å². The Balaban J connectivity index is 0.00000144. The highest BCUT2D eigenvalue weighted by atomic mass is 35.5. The maximum atomic E-state index is 11.6. The second-order valence-electron chi connectivity index (χ2n) is 4.71. The van der Waals surface area contributed by atoms with Crippen LogP contribution in [0.2, 0.25) is 0 Å². The average Bonchev–Trinajstić information content (AvgIpc) is 3.10. The highest BCUT2D eigenvalue weighted by molar-refractivity contribution is 5.85. The molecule has 100 valence electrons. The molecule has 1 unspecified atom stereocenters. The zero-order chi connectivity index (χ0) is 11.4. The van der Waals surface area contributed by atoms with Crippen molar-refractivity contribution >= 4 is 18.3 Å². The third-order valence-corrected chi connectivity index (χ3v) is 3.14. The van der Waals surface area contributed by atoms with E-state index < -0.39 is 0 Å². The lowest BCUT2D eigenvalue weighted by atomic mass is 10.2. The van der Waals surface area contributed by atoms with E-state index in [2.05, 4.69) is 10.2 Å². The summed E-state index contributed by atoms with van der Waals surface area (Å²) in [5.74, 6) is 0.870. The van der Waals surface area contributed by atoms with E-state index in [1.807, 2.05) is 0 Å². The molecule has 1 aliphatic heterocycles. The molecule has 6 heteroatoms. The summed E-state index contributed by atoms with van der Waals surface area (Å²) in [5, 5.41) is 2.97. The predicted molar refractivity (Wildman–Crippen MR) is 68.2 cm³/mol. The molecule has 0 radical (unpaired) electrons. The fourth-order valence-corrected chi connectivity index (χ4v) is 1.91. The lowest BCUT2D eigenvalue weighted by molar-refractivity contribution is -0.124. The fourth-order valence-electron chi connectivity index (χ4n) is 1.91. The number of nitrogens with one attached hydrogen (secondary N) is 1. The van der Waals surface area contributed by atoms with Gasteiger partial charge in [0.2, 0.25) is 5.91 Å². The number of nitrogens with zero attached hydrogens (tertiary/aromatic N) is 1. The quantitative estimate of drug-likeness (QED) is 0.708. The smallest absolute Gasteiger partial charge is 0.234 e. The van der Waals surface area contributed by atoms with Crippen molar-refractivity contribution < 1.29 is 9.53 Å². The van der Waals surface area contributed by atoms with Gasteiger partial charge < -0.3 is 15.8 Å². The number of halogens is 1. The zero-order valence-electron chi connectivity index (χ0n) is 10.1. The minimum absolute atomic E-state index is 0. The van der Waals surface area contributed by atoms with Crippen LogP contribution in [-0.2, 0) is 9.53 Å². The summed E-state index contributed by atoms with van der Waals surface area (Å²) in [6, 6.07) is 0. The second-order valence-corrected chi connectivity index (χ2v) is 4.71. The van der Waals surface area contributed by atoms with Crippen LogP contribution in [-0.4, -0.2) is 56.2 Å². The van der Waals surface area contributed by atoms with E-state index in [-0.39, 0.29) is 24.4 Å². The van der Waals surface area contributed by atoms with E-state index in [1.54, 1.807) is 0 Å². The van der Waals surface area contributed by atoms with Crippen LogP contribution in [0.25, 0.3) is 0 Å². The van der Waals surface area contributed by atoms with Crippen LogP contribution >= 0.6 is 12.4 Å². The molecule has 1 amide bonds. The van der Waals surface area contributed by atoms with Gasteiger partial charge in [0.1, 0.15) is 0 Å². The Hall–Kier alpha value is -0.360. The summed E-state index contributed by atoms with van der Waals surface area (Å²) in [6.07, 6.45) is 2.63. The molecule has 0 aromatic heterocycles. The molecule has 0 spiro atoms. The van der Waals surface area contributed by atoms with Crippen molar-refractivity contribution in [2.75, 3.05) is 39.3 Å². The molecular weight excluding hydrogens is 242 g/mol. The molecule has 2 rings (SSSR count). The lowest BCUT2D eigenvalue weighted by Crippen LogP contribution is -2.49. The van der Waals surface area contributed by atoms with Crippen LogP contribution in [0.3, 0.4) is 0 Å². The van der Waals surface area contributed by atoms with Gasteiger partial charge in [0.25, 0.3) is 0 Å². The highest BCUT2D eigenvalue weighted by Crippen LogP contribution is 2.27. The van der Waals surface area contributed by atoms with Crippen molar-refractivity contribution in [1.82, 2.24) is 10.2 Å². The molecule has 2 aliphatic rings. The minimum Gasteiger partial charge on any atom is -0.374 e. The van der Waals surface area contributed by atoms with Gasteiger partial charge >= 0.3 is 0 Å². The van der Waals surface area contributed by atoms with E-state index in [0.29, 0.717) is 19.7 Å². The third-order valence-electron chi connectivity index (χ3n) is 3.14. The molecule has 3 N–H and O–H groups in total. The summed E-state index contributed by atoms with van der Waals surface area (Å²) < 4.78 is 5.45. The van der Waals surface area contributed by atoms with Gasteiger partial charge in [0.15, 0.2) is 0 Å². The summed E-state index contributed by atoms with van der Waals surface area (Å²) in [7, 11) is 0. The van der Waals surface area contributed by atoms with Crippen LogP contribution < -0.4 is 11.1 Å². The number of rotatable bonds is 5. The van der Waals surface area contributed by atoms with Gasteiger partial charge in [0.05, 0.1) is 19.3 Å². The maximum Gasteiger partial charge on any atom is 0.234 e. The minimum atomic E-state index is 0. The SMILES string of the molecule is Cl.NCC1CN(CC(=O)NCC2CC2)CCO1. The molecule has 5 nitrogen and oxygen atoms in total. The molecule has 1 saturated carbocycles. The first-order chi connectivity index (χ1) is 7.78. The Kier molecular flexibility index (Phi) is 6.19. The molecule has 1 heterocycles. The van der Waals surface area contributed by atoms with Crippen LogP contribution in [0.1, 0.15) is 12.8 Å². The molecule has 1 saturated heterocycles. The lowest BCUT2D eigenvalue weighted by Gasteiger charge is -2.31. The van der Waals surface area contributed by atoms with E-state index in [4.69, 9.17) is 10.5 Å². The van der Waals surface area contributed by atoms with Gasteiger partial charge in [-0.25, -0.2) is 0 Å². The fraction of sp³-hybridized carbons (Fsp3) is 0.909. The summed E-state index contributed by atoms with van der Waals surface area (Å²) in [4.78, 5) is 13.7. The summed E-state index contributed by atoms with van der Waals surface area (Å²) in [6.45, 7) is 4.13. The highest BCUT2D eigenvalue weighted by Gasteiger charge is 2.23. The first kappa shape index (κ1) is 14.7. The van der Waals surface area contributed by atoms with Gasteiger partial charge in [-0.3, -0.25) is 9.69 Å². The molecule has 0 aromatic rings. The number of carbonyl (C=O) groups is 1. The summed E-state index contributed by atoms with van der Waals surface area (Å²) >= 11 is 0. The molecule has 2 fully saturated rings. The Morgan fingerprint density at radius 3 is 2.88 bits per heavy atom. The number of morpholine rings is 1. The van der Waals surface area contributed by atoms with Gasteiger partial charge in [-0.1, -0.05) is 0 Å². The van der Waals surface area contributed by atoms with Gasteiger partial charge in [-0.2, -0.15) is 0 Å². The Bertz CT molecular complexity index is 249. The molecule has 1 aliphatic carbocycles. The van der Waals surface area contributed by atoms with Crippen molar-refractivity contribution in [2.45, 2.75) is 18.9 Å². The van der Waals surface area contributed by atoms with Crippen LogP contribution in [0.4, 0.5) is 0 Å². The first-order valence-corrected chi connectivity index (χ1v) is 6.08. The van der Waals surface area contributed by atoms with Crippen molar-refractivity contribution in [2.24, 2.45) is 11.7 Å². The van der Waals surface area contributed by atoms with Gasteiger partial charge in [-0.15, -0.1) is 12.4 Å². The predicted octanol–water partition coefficient (Wildman–Crippen LogP) is -0.406. The summed E-state index contributed by atoms with van der Waals surface area (Å²) in [5.41, 5.74) is 5.55. The van der Waals surface area contributed by atoms with Crippen molar-refractivity contribution in [3.63, 3.8) is 0 Å². The number of nitrogens with two attached hydrogens (primary N) is 1. The van der Waals surface area contributed by atoms with Crippen LogP contribution in [0.5, 0.6) is 0 Å². The molecule has 1 atom stereocenters. The van der Waals surface area contributed by atoms with E-state index in [9.17, 15) is 4.79 Å². The topological polar surface area (TPSA) is 67.6 Å². The molecule has 0 aromatic carbocycles. The number of hydrogen-bond donors (Lipinski definition) is 2. The van der Waals surface area contributed by atoms with Crippen molar-refractivity contribution in [1.29, 1.82) is 0 Å². The molecular formula is C11H22ClN3O2. The number of hydrogen-bond acceptors (Lipinski definition) is 4. The Morgan fingerprint density at radius 2 is 2.24 bits per heavy atom. The monoisotopic (exact) mass is 263 g/mol. The third kappa shape index (κ3) is 5.21. The van der Waals surface area contributed by atoms with Gasteiger partial charge in [-0.05, 0) is 18.8 Å². The number of amides is 1. The van der Waals surface area contributed by atoms with Crippen LogP contribution in [0, 0.1) is 5.92 Å². The largest absolute Gasteiger partial charge is 0.374 e. The Labute approximate surface area is 108 Å². The normalized spacial score (nSPS) is 25.1. The van der Waals surface area contributed by atoms with E-state index in [1.165, 1.54) is 12.8 Å². The standard InChI is InChI=1S/C11H21N3O2.ClH/c12-5-10-7-14(3-4-16-10)8-11(15)13-6-9-1-2-9;/h9-10H,1-8,12H2,(H,13,15);1H. The van der Waals surface area contributed by atoms with Gasteiger partial charge in [0, 0.05) is 26.2 Å². The zero-order valence-corrected chi connectivity index (χ0v) is 10.9. The average molecular weight is 264 g/mol. The first-order valence-electron chi connectivity index (χ1n) is 6.08. The number of carbonyl (C=O) groups excluding carboxylic acids is 1. The second kappa shape index (κ2) is 7.16. The van der Waals surface area contributed by atoms with Crippen molar-refractivity contribution in [3.05, 3.63) is 0 Å². The van der Waals surface area contributed by atoms with E-state index in [0.717, 1.165) is 25.6 Å². The van der Waals surface area contributed by atoms with Crippen LogP contribution in [0.15, 0.2) is 0 Å². The number of ether oxygens (including phenoxy) is 1. The molecule has 17 heavy (non-hydrogen) atoms. The molecule has 0 bridgehead atoms. The maximum absolute atomic E-state index is 11.6. The van der Waals surface area contributed by atoms with Crippen molar-refractivity contribution in [3.8, 4) is 0 Å².